The molecule has 0 aliphatic heterocycles. The van der Waals surface area contributed by atoms with E-state index in [1.165, 1.54) is 15.3 Å². The van der Waals surface area contributed by atoms with Crippen LogP contribution in [0.3, 0.4) is 0 Å². The topological polar surface area (TPSA) is 85.3 Å². The van der Waals surface area contributed by atoms with Crippen LogP contribution in [-0.4, -0.2) is 35.5 Å². The number of fused-ring (bicyclic) bond motifs is 1. The zero-order valence-corrected chi connectivity index (χ0v) is 11.5. The van der Waals surface area contributed by atoms with Gasteiger partial charge in [0.05, 0.1) is 12.7 Å². The van der Waals surface area contributed by atoms with Gasteiger partial charge in [-0.3, -0.25) is 4.40 Å². The summed E-state index contributed by atoms with van der Waals surface area (Å²) in [6.07, 6.45) is 5.32. The molecular formula is C14H12FN5O2. The first-order valence-electron chi connectivity index (χ1n) is 6.91. The van der Waals surface area contributed by atoms with E-state index in [0.717, 1.165) is 18.4 Å². The lowest BCUT2D eigenvalue weighted by Crippen LogP contribution is -2.03. The molecular weight excluding hydrogens is 289 g/mol. The highest BCUT2D eigenvalue weighted by Gasteiger charge is 2.24. The molecule has 0 aromatic carbocycles. The van der Waals surface area contributed by atoms with Gasteiger partial charge in [-0.15, -0.1) is 5.10 Å². The van der Waals surface area contributed by atoms with Crippen LogP contribution in [0.5, 0.6) is 0 Å². The average molecular weight is 301 g/mol. The Hall–Kier alpha value is -2.77. The van der Waals surface area contributed by atoms with Gasteiger partial charge in [0.1, 0.15) is 11.3 Å². The first-order valence-corrected chi connectivity index (χ1v) is 6.91. The number of hydrogen-bond donors (Lipinski definition) is 1. The molecule has 0 spiro atoms. The van der Waals surface area contributed by atoms with Crippen molar-refractivity contribution in [1.29, 1.82) is 0 Å². The fourth-order valence-electron chi connectivity index (χ4n) is 2.47. The van der Waals surface area contributed by atoms with Crippen LogP contribution in [0.15, 0.2) is 24.5 Å². The number of hydrogen-bond acceptors (Lipinski definition) is 4. The maximum Gasteiger partial charge on any atom is 0.358 e. The SMILES string of the molecule is O=C(O)c1cn(Cc2nc3ccc(C4CC4)cn3c2F)nn1. The highest BCUT2D eigenvalue weighted by atomic mass is 19.1. The number of carboxylic acids is 1. The second-order valence-corrected chi connectivity index (χ2v) is 5.42. The first-order chi connectivity index (χ1) is 10.6. The summed E-state index contributed by atoms with van der Waals surface area (Å²) in [7, 11) is 0. The van der Waals surface area contributed by atoms with E-state index in [9.17, 15) is 9.18 Å². The Kier molecular flexibility index (Phi) is 2.72. The summed E-state index contributed by atoms with van der Waals surface area (Å²) in [5.41, 5.74) is 1.66. The number of carbonyl (C=O) groups is 1. The van der Waals surface area contributed by atoms with Crippen LogP contribution in [0, 0.1) is 5.95 Å². The largest absolute Gasteiger partial charge is 0.476 e. The van der Waals surface area contributed by atoms with E-state index in [-0.39, 0.29) is 17.9 Å². The van der Waals surface area contributed by atoms with Crippen molar-refractivity contribution in [3.8, 4) is 0 Å². The average Bonchev–Trinajstić information content (AvgIpc) is 3.17. The van der Waals surface area contributed by atoms with Gasteiger partial charge < -0.3 is 5.11 Å². The Morgan fingerprint density at radius 3 is 2.86 bits per heavy atom. The highest BCUT2D eigenvalue weighted by molar-refractivity contribution is 5.84. The molecule has 1 aliphatic rings. The van der Waals surface area contributed by atoms with Gasteiger partial charge in [-0.1, -0.05) is 11.3 Å². The lowest BCUT2D eigenvalue weighted by atomic mass is 10.2. The number of halogens is 1. The number of nitrogens with zero attached hydrogens (tertiary/aromatic N) is 5. The molecule has 1 aliphatic carbocycles. The van der Waals surface area contributed by atoms with E-state index >= 15 is 0 Å². The fourth-order valence-corrected chi connectivity index (χ4v) is 2.47. The summed E-state index contributed by atoms with van der Waals surface area (Å²) in [6.45, 7) is 0.0343. The summed E-state index contributed by atoms with van der Waals surface area (Å²) < 4.78 is 17.2. The lowest BCUT2D eigenvalue weighted by Gasteiger charge is -1.99. The van der Waals surface area contributed by atoms with Gasteiger partial charge in [0.15, 0.2) is 5.69 Å². The van der Waals surface area contributed by atoms with Crippen LogP contribution in [0.2, 0.25) is 0 Å². The molecule has 0 unspecified atom stereocenters. The lowest BCUT2D eigenvalue weighted by molar-refractivity contribution is 0.0690. The second kappa shape index (κ2) is 4.62. The molecule has 0 radical (unpaired) electrons. The smallest absolute Gasteiger partial charge is 0.358 e. The molecule has 112 valence electrons. The van der Waals surface area contributed by atoms with Gasteiger partial charge in [0, 0.05) is 6.20 Å². The predicted molar refractivity (Wildman–Crippen MR) is 73.2 cm³/mol. The van der Waals surface area contributed by atoms with Crippen LogP contribution in [0.1, 0.15) is 40.5 Å². The number of aromatic carboxylic acids is 1. The van der Waals surface area contributed by atoms with Crippen LogP contribution in [0.25, 0.3) is 5.65 Å². The van der Waals surface area contributed by atoms with Crippen molar-refractivity contribution in [1.82, 2.24) is 24.4 Å². The quantitative estimate of drug-likeness (QED) is 0.792. The van der Waals surface area contributed by atoms with Crippen molar-refractivity contribution in [2.75, 3.05) is 0 Å². The van der Waals surface area contributed by atoms with Crippen LogP contribution < -0.4 is 0 Å². The molecule has 3 aromatic heterocycles. The van der Waals surface area contributed by atoms with Crippen molar-refractivity contribution in [3.63, 3.8) is 0 Å². The minimum absolute atomic E-state index is 0.0343. The minimum Gasteiger partial charge on any atom is -0.476 e. The zero-order valence-electron chi connectivity index (χ0n) is 11.5. The number of pyridine rings is 1. The van der Waals surface area contributed by atoms with Gasteiger partial charge in [0.25, 0.3) is 0 Å². The number of aromatic nitrogens is 5. The van der Waals surface area contributed by atoms with Gasteiger partial charge in [0.2, 0.25) is 5.95 Å². The molecule has 3 heterocycles. The number of imidazole rings is 1. The van der Waals surface area contributed by atoms with Crippen molar-refractivity contribution in [2.24, 2.45) is 0 Å². The van der Waals surface area contributed by atoms with Crippen LogP contribution in [0.4, 0.5) is 4.39 Å². The molecule has 1 N–H and O–H groups in total. The Bertz CT molecular complexity index is 881. The van der Waals surface area contributed by atoms with E-state index in [2.05, 4.69) is 15.3 Å². The van der Waals surface area contributed by atoms with Crippen molar-refractivity contribution < 1.29 is 14.3 Å². The van der Waals surface area contributed by atoms with Gasteiger partial charge in [-0.05, 0) is 30.4 Å². The summed E-state index contributed by atoms with van der Waals surface area (Å²) >= 11 is 0. The molecule has 22 heavy (non-hydrogen) atoms. The molecule has 0 saturated heterocycles. The van der Waals surface area contributed by atoms with E-state index in [1.807, 2.05) is 6.07 Å². The second-order valence-electron chi connectivity index (χ2n) is 5.42. The number of rotatable bonds is 4. The third kappa shape index (κ3) is 2.12. The normalized spacial score (nSPS) is 14.6. The third-order valence-electron chi connectivity index (χ3n) is 3.77. The van der Waals surface area contributed by atoms with Gasteiger partial charge in [-0.25, -0.2) is 14.5 Å². The Labute approximate surface area is 124 Å². The fraction of sp³-hybridized carbons (Fsp3) is 0.286. The predicted octanol–water partition coefficient (Wildman–Crippen LogP) is 1.69. The molecule has 7 nitrogen and oxygen atoms in total. The molecule has 1 saturated carbocycles. The van der Waals surface area contributed by atoms with Gasteiger partial charge in [-0.2, -0.15) is 4.39 Å². The first kappa shape index (κ1) is 12.9. The third-order valence-corrected chi connectivity index (χ3v) is 3.77. The molecule has 0 amide bonds. The van der Waals surface area contributed by atoms with E-state index in [0.29, 0.717) is 11.6 Å². The van der Waals surface area contributed by atoms with Crippen molar-refractivity contribution in [3.05, 3.63) is 47.4 Å². The van der Waals surface area contributed by atoms with E-state index < -0.39 is 11.9 Å². The standard InChI is InChI=1S/C14H12FN5O2/c15-13-10(6-19-7-11(14(21)22)17-18-19)16-12-4-3-9(5-20(12)13)8-1-2-8/h3-5,7-8H,1-2,6H2,(H,21,22). The molecule has 8 heteroatoms. The summed E-state index contributed by atoms with van der Waals surface area (Å²) in [5, 5.41) is 16.0. The van der Waals surface area contributed by atoms with E-state index in [4.69, 9.17) is 5.11 Å². The van der Waals surface area contributed by atoms with Crippen molar-refractivity contribution >= 4 is 11.6 Å². The maximum absolute atomic E-state index is 14.5. The summed E-state index contributed by atoms with van der Waals surface area (Å²) in [4.78, 5) is 15.0. The Morgan fingerprint density at radius 1 is 1.36 bits per heavy atom. The Balaban J connectivity index is 1.68. The van der Waals surface area contributed by atoms with Gasteiger partial charge >= 0.3 is 5.97 Å². The molecule has 4 rings (SSSR count). The summed E-state index contributed by atoms with van der Waals surface area (Å²) in [5.74, 6) is -1.09. The molecule has 1 fully saturated rings. The van der Waals surface area contributed by atoms with E-state index in [1.54, 1.807) is 12.3 Å². The van der Waals surface area contributed by atoms with Crippen LogP contribution in [-0.2, 0) is 6.54 Å². The maximum atomic E-state index is 14.5. The number of carboxylic acid groups (broad SMARTS) is 1. The minimum atomic E-state index is -1.17. The monoisotopic (exact) mass is 301 g/mol. The van der Waals surface area contributed by atoms with Crippen LogP contribution >= 0.6 is 0 Å². The summed E-state index contributed by atoms with van der Waals surface area (Å²) in [6, 6.07) is 3.77. The Morgan fingerprint density at radius 2 is 2.18 bits per heavy atom. The molecule has 0 bridgehead atoms. The molecule has 3 aromatic rings. The zero-order chi connectivity index (χ0) is 15.3. The molecule has 0 atom stereocenters. The van der Waals surface area contributed by atoms with Crippen molar-refractivity contribution in [2.45, 2.75) is 25.3 Å². The highest BCUT2D eigenvalue weighted by Crippen LogP contribution is 2.40.